The van der Waals surface area contributed by atoms with Gasteiger partial charge in [-0.3, -0.25) is 9.69 Å². The number of carbonyl (C=O) groups excluding carboxylic acids is 1. The lowest BCUT2D eigenvalue weighted by atomic mass is 10.1. The predicted octanol–water partition coefficient (Wildman–Crippen LogP) is 1.96. The summed E-state index contributed by atoms with van der Waals surface area (Å²) in [4.78, 5) is 14.2. The van der Waals surface area contributed by atoms with Gasteiger partial charge in [-0.15, -0.1) is 0 Å². The maximum atomic E-state index is 11.8. The lowest BCUT2D eigenvalue weighted by molar-refractivity contribution is -0.0152. The van der Waals surface area contributed by atoms with E-state index >= 15 is 0 Å². The van der Waals surface area contributed by atoms with Gasteiger partial charge < -0.3 is 14.6 Å². The van der Waals surface area contributed by atoms with Crippen LogP contribution >= 0.6 is 0 Å². The fourth-order valence-electron chi connectivity index (χ4n) is 3.11. The monoisotopic (exact) mass is 313 g/mol. The first kappa shape index (κ1) is 15.8. The molecule has 2 aromatic rings. The van der Waals surface area contributed by atoms with Crippen LogP contribution in [-0.4, -0.2) is 42.2 Å². The van der Waals surface area contributed by atoms with Gasteiger partial charge in [-0.2, -0.15) is 0 Å². The van der Waals surface area contributed by atoms with Gasteiger partial charge in [-0.05, 0) is 29.8 Å². The van der Waals surface area contributed by atoms with Crippen LogP contribution in [0.1, 0.15) is 27.7 Å². The molecule has 1 fully saturated rings. The maximum Gasteiger partial charge on any atom is 0.251 e. The molecule has 1 aromatic heterocycles. The van der Waals surface area contributed by atoms with Crippen molar-refractivity contribution in [2.24, 2.45) is 7.05 Å². The van der Waals surface area contributed by atoms with Crippen molar-refractivity contribution in [3.8, 4) is 0 Å². The van der Waals surface area contributed by atoms with Crippen LogP contribution in [0.5, 0.6) is 0 Å². The molecule has 0 aliphatic carbocycles. The minimum atomic E-state index is -0.0483. The summed E-state index contributed by atoms with van der Waals surface area (Å²) in [6, 6.07) is 12.3. The molecule has 1 atom stereocenters. The Morgan fingerprint density at radius 2 is 2.22 bits per heavy atom. The van der Waals surface area contributed by atoms with Gasteiger partial charge in [-0.25, -0.2) is 0 Å². The largest absolute Gasteiger partial charge is 0.378 e. The smallest absolute Gasteiger partial charge is 0.251 e. The molecule has 1 aliphatic rings. The Bertz CT molecular complexity index is 680. The van der Waals surface area contributed by atoms with Crippen LogP contribution < -0.4 is 5.32 Å². The molecule has 5 heteroatoms. The molecule has 1 aromatic carbocycles. The molecule has 5 nitrogen and oxygen atoms in total. The van der Waals surface area contributed by atoms with E-state index < -0.39 is 0 Å². The number of hydrogen-bond acceptors (Lipinski definition) is 3. The van der Waals surface area contributed by atoms with E-state index in [1.54, 1.807) is 7.05 Å². The molecule has 3 rings (SSSR count). The minimum absolute atomic E-state index is 0.0483. The van der Waals surface area contributed by atoms with Gasteiger partial charge in [0.2, 0.25) is 0 Å². The van der Waals surface area contributed by atoms with Crippen molar-refractivity contribution in [2.75, 3.05) is 26.8 Å². The summed E-state index contributed by atoms with van der Waals surface area (Å²) in [5.41, 5.74) is 3.10. The van der Waals surface area contributed by atoms with Crippen molar-refractivity contribution in [1.82, 2.24) is 14.8 Å². The second-order valence-electron chi connectivity index (χ2n) is 5.88. The van der Waals surface area contributed by atoms with Gasteiger partial charge in [0.15, 0.2) is 0 Å². The molecule has 2 heterocycles. The van der Waals surface area contributed by atoms with Crippen LogP contribution in [0.4, 0.5) is 0 Å². The van der Waals surface area contributed by atoms with E-state index in [0.29, 0.717) is 12.2 Å². The number of amides is 1. The summed E-state index contributed by atoms with van der Waals surface area (Å²) in [6.07, 6.45) is 2.06. The number of aryl methyl sites for hydroxylation is 1. The third-order valence-electron chi connectivity index (χ3n) is 4.37. The van der Waals surface area contributed by atoms with Crippen LogP contribution in [0.2, 0.25) is 0 Å². The van der Waals surface area contributed by atoms with Crippen molar-refractivity contribution >= 4 is 5.91 Å². The number of aromatic nitrogens is 1. The molecule has 1 aliphatic heterocycles. The van der Waals surface area contributed by atoms with E-state index in [2.05, 4.69) is 46.2 Å². The Hall–Kier alpha value is -2.11. The van der Waals surface area contributed by atoms with E-state index in [9.17, 15) is 4.79 Å². The molecule has 0 saturated carbocycles. The SMILES string of the molecule is CNC(=O)c1cccc(CN2CCOC[C@H]2c2cccn2C)c1. The van der Waals surface area contributed by atoms with E-state index in [1.165, 1.54) is 5.69 Å². The Morgan fingerprint density at radius 3 is 2.96 bits per heavy atom. The maximum absolute atomic E-state index is 11.8. The van der Waals surface area contributed by atoms with Crippen molar-refractivity contribution < 1.29 is 9.53 Å². The molecule has 0 spiro atoms. The van der Waals surface area contributed by atoms with Crippen LogP contribution in [0.25, 0.3) is 0 Å². The fraction of sp³-hybridized carbons (Fsp3) is 0.389. The van der Waals surface area contributed by atoms with Crippen molar-refractivity contribution in [3.05, 3.63) is 59.4 Å². The van der Waals surface area contributed by atoms with Gasteiger partial charge in [0.05, 0.1) is 19.3 Å². The van der Waals surface area contributed by atoms with Crippen molar-refractivity contribution in [2.45, 2.75) is 12.6 Å². The number of ether oxygens (including phenoxy) is 1. The molecule has 1 N–H and O–H groups in total. The summed E-state index contributed by atoms with van der Waals surface area (Å²) >= 11 is 0. The second-order valence-corrected chi connectivity index (χ2v) is 5.88. The molecule has 1 amide bonds. The van der Waals surface area contributed by atoms with Gasteiger partial charge >= 0.3 is 0 Å². The van der Waals surface area contributed by atoms with E-state index in [1.807, 2.05) is 18.2 Å². The average Bonchev–Trinajstić information content (AvgIpc) is 3.01. The zero-order valence-corrected chi connectivity index (χ0v) is 13.7. The molecule has 0 bridgehead atoms. The Kier molecular flexibility index (Phi) is 4.79. The molecule has 0 radical (unpaired) electrons. The standard InChI is InChI=1S/C18H23N3O2/c1-19-18(22)15-6-3-5-14(11-15)12-21-9-10-23-13-17(21)16-7-4-8-20(16)2/h3-8,11,17H,9-10,12-13H2,1-2H3,(H,19,22)/t17-/m0/s1. The number of nitrogens with one attached hydrogen (secondary N) is 1. The third-order valence-corrected chi connectivity index (χ3v) is 4.37. The third kappa shape index (κ3) is 3.46. The highest BCUT2D eigenvalue weighted by Crippen LogP contribution is 2.26. The van der Waals surface area contributed by atoms with E-state index in [4.69, 9.17) is 4.74 Å². The van der Waals surface area contributed by atoms with Crippen LogP contribution in [0, 0.1) is 0 Å². The summed E-state index contributed by atoms with van der Waals surface area (Å²) in [6.45, 7) is 3.15. The summed E-state index contributed by atoms with van der Waals surface area (Å²) in [5.74, 6) is -0.0483. The molecular weight excluding hydrogens is 290 g/mol. The summed E-state index contributed by atoms with van der Waals surface area (Å²) in [7, 11) is 3.72. The molecule has 23 heavy (non-hydrogen) atoms. The zero-order valence-electron chi connectivity index (χ0n) is 13.7. The van der Waals surface area contributed by atoms with Crippen LogP contribution in [0.15, 0.2) is 42.6 Å². The number of rotatable bonds is 4. The lowest BCUT2D eigenvalue weighted by Gasteiger charge is -2.36. The zero-order chi connectivity index (χ0) is 16.2. The first-order valence-electron chi connectivity index (χ1n) is 7.93. The quantitative estimate of drug-likeness (QED) is 0.938. The number of benzene rings is 1. The normalized spacial score (nSPS) is 18.8. The number of morpholine rings is 1. The van der Waals surface area contributed by atoms with Crippen LogP contribution in [0.3, 0.4) is 0 Å². The molecule has 122 valence electrons. The lowest BCUT2D eigenvalue weighted by Crippen LogP contribution is -2.39. The Balaban J connectivity index is 1.80. The molecule has 0 unspecified atom stereocenters. The van der Waals surface area contributed by atoms with Gasteiger partial charge in [0, 0.05) is 44.6 Å². The topological polar surface area (TPSA) is 46.5 Å². The highest BCUT2D eigenvalue weighted by Gasteiger charge is 2.26. The highest BCUT2D eigenvalue weighted by molar-refractivity contribution is 5.94. The van der Waals surface area contributed by atoms with Gasteiger partial charge in [0.25, 0.3) is 5.91 Å². The Labute approximate surface area is 136 Å². The van der Waals surface area contributed by atoms with E-state index in [0.717, 1.165) is 25.3 Å². The number of hydrogen-bond donors (Lipinski definition) is 1. The van der Waals surface area contributed by atoms with Gasteiger partial charge in [0.1, 0.15) is 0 Å². The fourth-order valence-corrected chi connectivity index (χ4v) is 3.11. The second kappa shape index (κ2) is 6.98. The van der Waals surface area contributed by atoms with Gasteiger partial charge in [-0.1, -0.05) is 12.1 Å². The molecular formula is C18H23N3O2. The highest BCUT2D eigenvalue weighted by atomic mass is 16.5. The van der Waals surface area contributed by atoms with Crippen LogP contribution in [-0.2, 0) is 18.3 Å². The number of carbonyl (C=O) groups is 1. The first-order valence-corrected chi connectivity index (χ1v) is 7.93. The average molecular weight is 313 g/mol. The van der Waals surface area contributed by atoms with E-state index in [-0.39, 0.29) is 11.9 Å². The molecule has 1 saturated heterocycles. The minimum Gasteiger partial charge on any atom is -0.378 e. The van der Waals surface area contributed by atoms with Crippen molar-refractivity contribution in [3.63, 3.8) is 0 Å². The van der Waals surface area contributed by atoms with Crippen molar-refractivity contribution in [1.29, 1.82) is 0 Å². The first-order chi connectivity index (χ1) is 11.2. The Morgan fingerprint density at radius 1 is 1.35 bits per heavy atom. The predicted molar refractivity (Wildman–Crippen MR) is 89.2 cm³/mol. The number of nitrogens with zero attached hydrogens (tertiary/aromatic N) is 2. The summed E-state index contributed by atoms with van der Waals surface area (Å²) < 4.78 is 7.84. The summed E-state index contributed by atoms with van der Waals surface area (Å²) in [5, 5.41) is 2.67.